The number of hydrogen-bond acceptors (Lipinski definition) is 2. The topological polar surface area (TPSA) is 25.2 Å². The first kappa shape index (κ1) is 11.8. The normalized spacial score (nSPS) is 11.5. The highest BCUT2D eigenvalue weighted by Crippen LogP contribution is 2.36. The molecule has 3 rings (SSSR count). The maximum Gasteiger partial charge on any atom is 0.149 e. The largest absolute Gasteiger partial charge is 0.458 e. The van der Waals surface area contributed by atoms with E-state index in [1.807, 2.05) is 13.1 Å². The van der Waals surface area contributed by atoms with E-state index in [4.69, 9.17) is 4.42 Å². The minimum absolute atomic E-state index is 0.753. The maximum absolute atomic E-state index is 5.97. The highest BCUT2D eigenvalue weighted by molar-refractivity contribution is 9.10. The fraction of sp³-hybridized carbons (Fsp3) is 0.200. The van der Waals surface area contributed by atoms with Gasteiger partial charge >= 0.3 is 0 Å². The molecule has 0 aliphatic carbocycles. The van der Waals surface area contributed by atoms with Crippen molar-refractivity contribution in [1.82, 2.24) is 5.32 Å². The molecule has 0 bridgehead atoms. The summed E-state index contributed by atoms with van der Waals surface area (Å²) in [6.45, 7) is 2.86. The van der Waals surface area contributed by atoms with Crippen LogP contribution in [0.3, 0.4) is 0 Å². The zero-order valence-corrected chi connectivity index (χ0v) is 12.0. The summed E-state index contributed by atoms with van der Waals surface area (Å²) in [4.78, 5) is 0. The summed E-state index contributed by atoms with van der Waals surface area (Å²) in [7, 11) is 1.93. The van der Waals surface area contributed by atoms with Crippen LogP contribution < -0.4 is 5.32 Å². The van der Waals surface area contributed by atoms with Gasteiger partial charge in [0.05, 0.1) is 11.0 Å². The van der Waals surface area contributed by atoms with Crippen molar-refractivity contribution in [1.29, 1.82) is 0 Å². The van der Waals surface area contributed by atoms with Gasteiger partial charge in [-0.1, -0.05) is 24.3 Å². The smallest absolute Gasteiger partial charge is 0.149 e. The maximum atomic E-state index is 5.97. The van der Waals surface area contributed by atoms with Gasteiger partial charge in [0.1, 0.15) is 11.3 Å². The number of rotatable bonds is 2. The first-order chi connectivity index (χ1) is 8.72. The van der Waals surface area contributed by atoms with E-state index >= 15 is 0 Å². The molecule has 0 amide bonds. The van der Waals surface area contributed by atoms with Crippen LogP contribution in [0, 0.1) is 6.92 Å². The van der Waals surface area contributed by atoms with Crippen LogP contribution in [0.5, 0.6) is 0 Å². The molecule has 92 valence electrons. The Kier molecular flexibility index (Phi) is 2.88. The molecule has 0 aliphatic heterocycles. The third kappa shape index (κ3) is 1.66. The quantitative estimate of drug-likeness (QED) is 0.760. The van der Waals surface area contributed by atoms with E-state index in [1.165, 1.54) is 21.7 Å². The van der Waals surface area contributed by atoms with Crippen molar-refractivity contribution in [2.24, 2.45) is 0 Å². The molecule has 1 N–H and O–H groups in total. The van der Waals surface area contributed by atoms with Crippen LogP contribution in [-0.2, 0) is 6.54 Å². The molecule has 0 fully saturated rings. The van der Waals surface area contributed by atoms with Crippen molar-refractivity contribution in [3.05, 3.63) is 46.1 Å². The molecule has 0 spiro atoms. The van der Waals surface area contributed by atoms with E-state index in [2.05, 4.69) is 52.4 Å². The van der Waals surface area contributed by atoms with Crippen LogP contribution in [0.2, 0.25) is 0 Å². The molecule has 2 nitrogen and oxygen atoms in total. The molecule has 0 saturated heterocycles. The Hall–Kier alpha value is -1.32. The van der Waals surface area contributed by atoms with E-state index in [9.17, 15) is 0 Å². The average Bonchev–Trinajstić information content (AvgIpc) is 2.69. The third-order valence-corrected chi connectivity index (χ3v) is 4.11. The molecular weight excluding hydrogens is 290 g/mol. The Bertz CT molecular complexity index is 730. The van der Waals surface area contributed by atoms with Gasteiger partial charge in [0.25, 0.3) is 0 Å². The summed E-state index contributed by atoms with van der Waals surface area (Å²) < 4.78 is 7.01. The van der Waals surface area contributed by atoms with Gasteiger partial charge in [-0.25, -0.2) is 0 Å². The number of fused-ring (bicyclic) bond motifs is 2. The Morgan fingerprint density at radius 3 is 2.78 bits per heavy atom. The molecule has 0 radical (unpaired) electrons. The molecule has 2 aromatic carbocycles. The lowest BCUT2D eigenvalue weighted by Gasteiger charge is -2.01. The lowest BCUT2D eigenvalue weighted by molar-refractivity contribution is 0.526. The Morgan fingerprint density at radius 2 is 2.00 bits per heavy atom. The first-order valence-electron chi connectivity index (χ1n) is 5.96. The van der Waals surface area contributed by atoms with Crippen LogP contribution in [0.25, 0.3) is 21.7 Å². The highest BCUT2D eigenvalue weighted by Gasteiger charge is 2.14. The minimum atomic E-state index is 0.753. The van der Waals surface area contributed by atoms with E-state index < -0.39 is 0 Å². The molecule has 1 heterocycles. The van der Waals surface area contributed by atoms with Crippen molar-refractivity contribution < 1.29 is 4.42 Å². The van der Waals surface area contributed by atoms with E-state index in [0.29, 0.717) is 0 Å². The molecular formula is C15H14BrNO. The van der Waals surface area contributed by atoms with Gasteiger partial charge in [-0.15, -0.1) is 0 Å². The summed E-state index contributed by atoms with van der Waals surface area (Å²) in [5, 5.41) is 6.75. The molecule has 1 aromatic heterocycles. The van der Waals surface area contributed by atoms with E-state index in [-0.39, 0.29) is 0 Å². The van der Waals surface area contributed by atoms with Crippen LogP contribution in [-0.4, -0.2) is 7.05 Å². The summed E-state index contributed by atoms with van der Waals surface area (Å²) in [6, 6.07) is 10.5. The molecule has 3 heteroatoms. The molecule has 0 atom stereocenters. The van der Waals surface area contributed by atoms with Crippen molar-refractivity contribution in [2.75, 3.05) is 7.05 Å². The Labute approximate surface area is 114 Å². The Balaban J connectivity index is 2.41. The standard InChI is InChI=1S/C15H14BrNO/c1-9-12-7-10-5-3-4-6-11(10)14(16)15(12)18-13(9)8-17-2/h3-7,17H,8H2,1-2H3. The van der Waals surface area contributed by atoms with Crippen LogP contribution in [0.15, 0.2) is 39.2 Å². The van der Waals surface area contributed by atoms with Gasteiger partial charge in [0, 0.05) is 5.39 Å². The summed E-state index contributed by atoms with van der Waals surface area (Å²) in [5.41, 5.74) is 2.15. The van der Waals surface area contributed by atoms with E-state index in [0.717, 1.165) is 22.4 Å². The minimum Gasteiger partial charge on any atom is -0.458 e. The second-order valence-corrected chi connectivity index (χ2v) is 5.26. The summed E-state index contributed by atoms with van der Waals surface area (Å²) >= 11 is 3.67. The molecule has 3 aromatic rings. The molecule has 18 heavy (non-hydrogen) atoms. The second-order valence-electron chi connectivity index (χ2n) is 4.47. The first-order valence-corrected chi connectivity index (χ1v) is 6.75. The lowest BCUT2D eigenvalue weighted by atomic mass is 10.1. The predicted octanol–water partition coefficient (Wildman–Crippen LogP) is 4.38. The number of furan rings is 1. The molecule has 0 aliphatic rings. The molecule has 0 saturated carbocycles. The van der Waals surface area contributed by atoms with E-state index in [1.54, 1.807) is 0 Å². The summed E-state index contributed by atoms with van der Waals surface area (Å²) in [5.74, 6) is 1.00. The number of aryl methyl sites for hydroxylation is 1. The predicted molar refractivity (Wildman–Crippen MR) is 78.9 cm³/mol. The van der Waals surface area contributed by atoms with Gasteiger partial charge in [-0.05, 0) is 52.3 Å². The van der Waals surface area contributed by atoms with Gasteiger partial charge in [-0.2, -0.15) is 0 Å². The zero-order valence-electron chi connectivity index (χ0n) is 10.4. The van der Waals surface area contributed by atoms with Gasteiger partial charge < -0.3 is 9.73 Å². The number of nitrogens with one attached hydrogen (secondary N) is 1. The van der Waals surface area contributed by atoms with Gasteiger partial charge in [0.15, 0.2) is 0 Å². The second kappa shape index (κ2) is 4.41. The third-order valence-electron chi connectivity index (χ3n) is 3.33. The van der Waals surface area contributed by atoms with Crippen molar-refractivity contribution in [3.8, 4) is 0 Å². The average molecular weight is 304 g/mol. The SMILES string of the molecule is CNCc1oc2c(Br)c3ccccc3cc2c1C. The van der Waals surface area contributed by atoms with Gasteiger partial charge in [0.2, 0.25) is 0 Å². The van der Waals surface area contributed by atoms with Gasteiger partial charge in [-0.3, -0.25) is 0 Å². The highest BCUT2D eigenvalue weighted by atomic mass is 79.9. The molecule has 0 unspecified atom stereocenters. The Morgan fingerprint density at radius 1 is 1.22 bits per heavy atom. The van der Waals surface area contributed by atoms with Crippen LogP contribution >= 0.6 is 15.9 Å². The fourth-order valence-corrected chi connectivity index (χ4v) is 3.00. The number of hydrogen-bond donors (Lipinski definition) is 1. The van der Waals surface area contributed by atoms with Crippen molar-refractivity contribution in [2.45, 2.75) is 13.5 Å². The number of halogens is 1. The monoisotopic (exact) mass is 303 g/mol. The van der Waals surface area contributed by atoms with Crippen LogP contribution in [0.4, 0.5) is 0 Å². The fourth-order valence-electron chi connectivity index (χ4n) is 2.34. The summed E-state index contributed by atoms with van der Waals surface area (Å²) in [6.07, 6.45) is 0. The number of benzene rings is 2. The van der Waals surface area contributed by atoms with Crippen LogP contribution in [0.1, 0.15) is 11.3 Å². The van der Waals surface area contributed by atoms with Crippen molar-refractivity contribution >= 4 is 37.7 Å². The zero-order chi connectivity index (χ0) is 12.7. The lowest BCUT2D eigenvalue weighted by Crippen LogP contribution is -2.04. The van der Waals surface area contributed by atoms with Crippen molar-refractivity contribution in [3.63, 3.8) is 0 Å².